The van der Waals surface area contributed by atoms with Gasteiger partial charge in [0.1, 0.15) is 0 Å². The number of nitrogens with zero attached hydrogens (tertiary/aromatic N) is 3. The standard InChI is InChI=1S/C19H20N4O3/c1-12(2)23-17-15(11-22-23)9-16(10-21-17)18(24)20-7-6-13-4-3-5-14(8-13)19(25)26/h3-5,8-12H,6-7H2,1-2H3,(H,20,24)(H,25,26). The Kier molecular flexibility index (Phi) is 4.97. The van der Waals surface area contributed by atoms with E-state index in [1.54, 1.807) is 36.7 Å². The Labute approximate surface area is 150 Å². The van der Waals surface area contributed by atoms with Gasteiger partial charge in [0, 0.05) is 24.2 Å². The molecule has 0 saturated carbocycles. The molecule has 134 valence electrons. The molecule has 2 heterocycles. The van der Waals surface area contributed by atoms with Gasteiger partial charge in [-0.1, -0.05) is 12.1 Å². The second kappa shape index (κ2) is 7.35. The van der Waals surface area contributed by atoms with E-state index in [0.717, 1.165) is 16.6 Å². The number of pyridine rings is 1. The van der Waals surface area contributed by atoms with E-state index in [-0.39, 0.29) is 17.5 Å². The van der Waals surface area contributed by atoms with Gasteiger partial charge in [-0.15, -0.1) is 0 Å². The molecule has 2 N–H and O–H groups in total. The van der Waals surface area contributed by atoms with Gasteiger partial charge in [0.15, 0.2) is 5.65 Å². The molecule has 0 aliphatic carbocycles. The van der Waals surface area contributed by atoms with Gasteiger partial charge in [-0.25, -0.2) is 14.5 Å². The Hall–Kier alpha value is -3.22. The van der Waals surface area contributed by atoms with Gasteiger partial charge in [-0.05, 0) is 44.0 Å². The van der Waals surface area contributed by atoms with Gasteiger partial charge in [-0.2, -0.15) is 5.10 Å². The van der Waals surface area contributed by atoms with E-state index in [1.807, 2.05) is 24.6 Å². The quantitative estimate of drug-likeness (QED) is 0.711. The molecular weight excluding hydrogens is 332 g/mol. The molecule has 3 aromatic rings. The van der Waals surface area contributed by atoms with Crippen LogP contribution in [0.2, 0.25) is 0 Å². The van der Waals surface area contributed by atoms with Crippen LogP contribution in [0.25, 0.3) is 11.0 Å². The Morgan fingerprint density at radius 1 is 1.19 bits per heavy atom. The fraction of sp³-hybridized carbons (Fsp3) is 0.263. The number of benzene rings is 1. The zero-order valence-corrected chi connectivity index (χ0v) is 14.6. The number of rotatable bonds is 6. The van der Waals surface area contributed by atoms with Crippen molar-refractivity contribution in [1.82, 2.24) is 20.1 Å². The molecule has 7 nitrogen and oxygen atoms in total. The number of aromatic carboxylic acids is 1. The smallest absolute Gasteiger partial charge is 0.335 e. The normalized spacial score (nSPS) is 11.0. The summed E-state index contributed by atoms with van der Waals surface area (Å²) in [5.74, 6) is -1.18. The van der Waals surface area contributed by atoms with Crippen molar-refractivity contribution < 1.29 is 14.7 Å². The van der Waals surface area contributed by atoms with E-state index < -0.39 is 5.97 Å². The Balaban J connectivity index is 1.64. The van der Waals surface area contributed by atoms with Crippen molar-refractivity contribution in [1.29, 1.82) is 0 Å². The van der Waals surface area contributed by atoms with E-state index >= 15 is 0 Å². The summed E-state index contributed by atoms with van der Waals surface area (Å²) < 4.78 is 1.81. The van der Waals surface area contributed by atoms with Crippen molar-refractivity contribution in [2.45, 2.75) is 26.3 Å². The van der Waals surface area contributed by atoms with Crippen molar-refractivity contribution >= 4 is 22.9 Å². The van der Waals surface area contributed by atoms with Gasteiger partial charge >= 0.3 is 5.97 Å². The summed E-state index contributed by atoms with van der Waals surface area (Å²) in [6.45, 7) is 4.45. The highest BCUT2D eigenvalue weighted by Gasteiger charge is 2.11. The lowest BCUT2D eigenvalue weighted by Crippen LogP contribution is -2.25. The van der Waals surface area contributed by atoms with Crippen molar-refractivity contribution in [3.63, 3.8) is 0 Å². The molecule has 7 heteroatoms. The topological polar surface area (TPSA) is 97.1 Å². The summed E-state index contributed by atoms with van der Waals surface area (Å²) >= 11 is 0. The molecular formula is C19H20N4O3. The summed E-state index contributed by atoms with van der Waals surface area (Å²) in [7, 11) is 0. The number of nitrogens with one attached hydrogen (secondary N) is 1. The van der Waals surface area contributed by atoms with Crippen molar-refractivity contribution in [2.75, 3.05) is 6.54 Å². The first-order valence-electron chi connectivity index (χ1n) is 8.39. The van der Waals surface area contributed by atoms with Gasteiger partial charge in [0.25, 0.3) is 5.91 Å². The van der Waals surface area contributed by atoms with Crippen LogP contribution >= 0.6 is 0 Å². The highest BCUT2D eigenvalue weighted by atomic mass is 16.4. The van der Waals surface area contributed by atoms with Crippen LogP contribution in [0.15, 0.2) is 42.7 Å². The molecule has 26 heavy (non-hydrogen) atoms. The molecule has 0 spiro atoms. The third kappa shape index (κ3) is 3.72. The first-order chi connectivity index (χ1) is 12.5. The third-order valence-corrected chi connectivity index (χ3v) is 4.06. The van der Waals surface area contributed by atoms with E-state index in [0.29, 0.717) is 18.5 Å². The van der Waals surface area contributed by atoms with Crippen LogP contribution in [0.3, 0.4) is 0 Å². The molecule has 0 aliphatic rings. The zero-order chi connectivity index (χ0) is 18.7. The second-order valence-corrected chi connectivity index (χ2v) is 6.33. The minimum Gasteiger partial charge on any atom is -0.478 e. The summed E-state index contributed by atoms with van der Waals surface area (Å²) in [6, 6.07) is 8.66. The summed E-state index contributed by atoms with van der Waals surface area (Å²) in [6.07, 6.45) is 3.80. The molecule has 1 amide bonds. The molecule has 0 radical (unpaired) electrons. The van der Waals surface area contributed by atoms with Crippen LogP contribution < -0.4 is 5.32 Å². The average molecular weight is 352 g/mol. The zero-order valence-electron chi connectivity index (χ0n) is 14.6. The predicted octanol–water partition coefficient (Wildman–Crippen LogP) is 2.68. The fourth-order valence-corrected chi connectivity index (χ4v) is 2.72. The fourth-order valence-electron chi connectivity index (χ4n) is 2.72. The highest BCUT2D eigenvalue weighted by molar-refractivity contribution is 5.96. The van der Waals surface area contributed by atoms with Crippen molar-refractivity contribution in [3.05, 3.63) is 59.4 Å². The molecule has 0 bridgehead atoms. The molecule has 1 aromatic carbocycles. The first-order valence-corrected chi connectivity index (χ1v) is 8.39. The molecule has 0 aliphatic heterocycles. The number of carboxylic acids is 1. The molecule has 0 atom stereocenters. The summed E-state index contributed by atoms with van der Waals surface area (Å²) in [5, 5.41) is 17.0. The van der Waals surface area contributed by atoms with Crippen LogP contribution in [0.4, 0.5) is 0 Å². The largest absolute Gasteiger partial charge is 0.478 e. The van der Waals surface area contributed by atoms with Crippen LogP contribution in [-0.2, 0) is 6.42 Å². The molecule has 0 fully saturated rings. The van der Waals surface area contributed by atoms with Crippen LogP contribution in [-0.4, -0.2) is 38.3 Å². The first kappa shape index (κ1) is 17.6. The third-order valence-electron chi connectivity index (χ3n) is 4.06. The molecule has 2 aromatic heterocycles. The Morgan fingerprint density at radius 3 is 2.73 bits per heavy atom. The maximum atomic E-state index is 12.3. The van der Waals surface area contributed by atoms with E-state index in [1.165, 1.54) is 0 Å². The van der Waals surface area contributed by atoms with Crippen LogP contribution in [0, 0.1) is 0 Å². The predicted molar refractivity (Wildman–Crippen MR) is 97.4 cm³/mol. The maximum Gasteiger partial charge on any atom is 0.335 e. The lowest BCUT2D eigenvalue weighted by atomic mass is 10.1. The number of carbonyl (C=O) groups is 2. The van der Waals surface area contributed by atoms with Gasteiger partial charge in [-0.3, -0.25) is 4.79 Å². The lowest BCUT2D eigenvalue weighted by Gasteiger charge is -2.08. The SMILES string of the molecule is CC(C)n1ncc2cc(C(=O)NCCc3cccc(C(=O)O)c3)cnc21. The number of aromatic nitrogens is 3. The molecule has 0 unspecified atom stereocenters. The van der Waals surface area contributed by atoms with Gasteiger partial charge in [0.2, 0.25) is 0 Å². The number of carbonyl (C=O) groups excluding carboxylic acids is 1. The monoisotopic (exact) mass is 352 g/mol. The van der Waals surface area contributed by atoms with Gasteiger partial charge in [0.05, 0.1) is 17.3 Å². The molecule has 3 rings (SSSR count). The number of hydrogen-bond donors (Lipinski definition) is 2. The number of carboxylic acid groups (broad SMARTS) is 1. The number of hydrogen-bond acceptors (Lipinski definition) is 4. The van der Waals surface area contributed by atoms with Crippen molar-refractivity contribution in [3.8, 4) is 0 Å². The van der Waals surface area contributed by atoms with Gasteiger partial charge < -0.3 is 10.4 Å². The highest BCUT2D eigenvalue weighted by Crippen LogP contribution is 2.16. The van der Waals surface area contributed by atoms with E-state index in [9.17, 15) is 9.59 Å². The summed E-state index contributed by atoms with van der Waals surface area (Å²) in [4.78, 5) is 27.7. The van der Waals surface area contributed by atoms with Crippen LogP contribution in [0.1, 0.15) is 46.2 Å². The van der Waals surface area contributed by atoms with E-state index in [2.05, 4.69) is 15.4 Å². The van der Waals surface area contributed by atoms with Crippen LogP contribution in [0.5, 0.6) is 0 Å². The molecule has 0 saturated heterocycles. The number of fused-ring (bicyclic) bond motifs is 1. The minimum atomic E-state index is -0.961. The Morgan fingerprint density at radius 2 is 2.00 bits per heavy atom. The van der Waals surface area contributed by atoms with Crippen molar-refractivity contribution in [2.24, 2.45) is 0 Å². The van der Waals surface area contributed by atoms with E-state index in [4.69, 9.17) is 5.11 Å². The second-order valence-electron chi connectivity index (χ2n) is 6.33. The Bertz CT molecular complexity index is 962. The average Bonchev–Trinajstić information content (AvgIpc) is 3.05. The minimum absolute atomic E-state index is 0.196. The number of amides is 1. The maximum absolute atomic E-state index is 12.3. The summed E-state index contributed by atoms with van der Waals surface area (Å²) in [5.41, 5.74) is 2.32. The lowest BCUT2D eigenvalue weighted by molar-refractivity contribution is 0.0696.